The van der Waals surface area contributed by atoms with Crippen LogP contribution in [0.3, 0.4) is 0 Å². The molecule has 0 fully saturated rings. The Morgan fingerprint density at radius 3 is 1.88 bits per heavy atom. The summed E-state index contributed by atoms with van der Waals surface area (Å²) in [5.74, 6) is 0. The molecular formula is C6H11OSi. The van der Waals surface area contributed by atoms with Crippen LogP contribution in [0.1, 0.15) is 20.8 Å². The van der Waals surface area contributed by atoms with Gasteiger partial charge in [0.25, 0.3) is 0 Å². The van der Waals surface area contributed by atoms with Crippen LogP contribution in [0.15, 0.2) is 12.0 Å². The van der Waals surface area contributed by atoms with E-state index in [0.717, 1.165) is 0 Å². The van der Waals surface area contributed by atoms with Crippen LogP contribution in [-0.4, -0.2) is 15.8 Å². The van der Waals surface area contributed by atoms with Crippen molar-refractivity contribution in [2.24, 2.45) is 0 Å². The Bertz CT molecular complexity index is 91.2. The van der Waals surface area contributed by atoms with Crippen LogP contribution in [0.25, 0.3) is 0 Å². The maximum Gasteiger partial charge on any atom is 0.124 e. The fraction of sp³-hybridized carbons (Fsp3) is 0.667. The van der Waals surface area contributed by atoms with Gasteiger partial charge in [0.15, 0.2) is 0 Å². The summed E-state index contributed by atoms with van der Waals surface area (Å²) in [6.45, 7) is 9.44. The zero-order valence-electron chi connectivity index (χ0n) is 5.62. The molecule has 0 aromatic heterocycles. The lowest BCUT2D eigenvalue weighted by atomic mass is 10.2. The molecule has 0 aromatic rings. The van der Waals surface area contributed by atoms with E-state index in [1.54, 1.807) is 0 Å². The van der Waals surface area contributed by atoms with E-state index in [4.69, 9.17) is 4.74 Å². The zero-order valence-corrected chi connectivity index (χ0v) is 6.62. The van der Waals surface area contributed by atoms with E-state index in [1.807, 2.05) is 20.8 Å². The Morgan fingerprint density at radius 1 is 1.50 bits per heavy atom. The van der Waals surface area contributed by atoms with Gasteiger partial charge in [-0.15, -0.1) is 0 Å². The van der Waals surface area contributed by atoms with Gasteiger partial charge in [0.05, 0.1) is 11.0 Å². The molecule has 0 amide bonds. The summed E-state index contributed by atoms with van der Waals surface area (Å²) in [4.78, 5) is 0. The predicted octanol–water partition coefficient (Wildman–Crippen LogP) is 1.44. The van der Waals surface area contributed by atoms with Crippen LogP contribution in [0.4, 0.5) is 0 Å². The number of rotatable bonds is 1. The maximum atomic E-state index is 5.16. The van der Waals surface area contributed by atoms with Gasteiger partial charge in [-0.25, -0.2) is 0 Å². The molecular weight excluding hydrogens is 116 g/mol. The summed E-state index contributed by atoms with van der Waals surface area (Å²) in [5.41, 5.74) is -0.126. The van der Waals surface area contributed by atoms with E-state index in [1.165, 1.54) is 0 Å². The SMILES string of the molecule is C=C([Si])OC(C)(C)C. The summed E-state index contributed by atoms with van der Waals surface area (Å²) in [6, 6.07) is 0. The minimum Gasteiger partial charge on any atom is -0.499 e. The zero-order chi connectivity index (χ0) is 6.78. The standard InChI is InChI=1S/C6H11OSi/c1-5(8)7-6(2,3)4/h1H2,2-4H3. The van der Waals surface area contributed by atoms with E-state index in [-0.39, 0.29) is 5.60 Å². The van der Waals surface area contributed by atoms with Crippen LogP contribution in [0, 0.1) is 0 Å². The second-order valence-corrected chi connectivity index (χ2v) is 3.20. The second kappa shape index (κ2) is 2.35. The Balaban J connectivity index is 3.55. The van der Waals surface area contributed by atoms with E-state index in [2.05, 4.69) is 16.8 Å². The first-order valence-corrected chi connectivity index (χ1v) is 3.01. The van der Waals surface area contributed by atoms with Crippen LogP contribution in [0.5, 0.6) is 0 Å². The quantitative estimate of drug-likeness (QED) is 0.382. The average molecular weight is 127 g/mol. The van der Waals surface area contributed by atoms with E-state index in [0.29, 0.717) is 5.38 Å². The Kier molecular flexibility index (Phi) is 2.28. The highest BCUT2D eigenvalue weighted by Crippen LogP contribution is 2.08. The summed E-state index contributed by atoms with van der Waals surface area (Å²) >= 11 is 0. The first-order valence-electron chi connectivity index (χ1n) is 2.51. The molecule has 0 bridgehead atoms. The van der Waals surface area contributed by atoms with Gasteiger partial charge < -0.3 is 4.74 Å². The highest BCUT2D eigenvalue weighted by atomic mass is 28.1. The molecule has 0 aliphatic carbocycles. The predicted molar refractivity (Wildman–Crippen MR) is 35.7 cm³/mol. The molecule has 0 spiro atoms. The molecule has 0 aliphatic rings. The molecule has 0 N–H and O–H groups in total. The van der Waals surface area contributed by atoms with Crippen LogP contribution in [-0.2, 0) is 4.74 Å². The fourth-order valence-corrected chi connectivity index (χ4v) is 0.676. The molecule has 0 saturated heterocycles. The monoisotopic (exact) mass is 127 g/mol. The van der Waals surface area contributed by atoms with Gasteiger partial charge in [0.2, 0.25) is 0 Å². The van der Waals surface area contributed by atoms with Crippen molar-refractivity contribution in [1.82, 2.24) is 0 Å². The average Bonchev–Trinajstić information content (AvgIpc) is 1.21. The molecule has 0 heterocycles. The van der Waals surface area contributed by atoms with Crippen molar-refractivity contribution in [1.29, 1.82) is 0 Å². The normalized spacial score (nSPS) is 11.0. The van der Waals surface area contributed by atoms with Crippen LogP contribution in [0.2, 0.25) is 0 Å². The first kappa shape index (κ1) is 7.76. The van der Waals surface area contributed by atoms with Gasteiger partial charge in [0, 0.05) is 0 Å². The van der Waals surface area contributed by atoms with Crippen molar-refractivity contribution in [3.8, 4) is 0 Å². The van der Waals surface area contributed by atoms with Crippen molar-refractivity contribution >= 4 is 10.2 Å². The lowest BCUT2D eigenvalue weighted by molar-refractivity contribution is 0.0683. The highest BCUT2D eigenvalue weighted by molar-refractivity contribution is 6.19. The van der Waals surface area contributed by atoms with E-state index < -0.39 is 0 Å². The molecule has 45 valence electrons. The Labute approximate surface area is 54.2 Å². The van der Waals surface area contributed by atoms with Crippen molar-refractivity contribution < 1.29 is 4.74 Å². The van der Waals surface area contributed by atoms with Gasteiger partial charge in [-0.3, -0.25) is 0 Å². The van der Waals surface area contributed by atoms with E-state index >= 15 is 0 Å². The Hall–Kier alpha value is -0.243. The van der Waals surface area contributed by atoms with Crippen LogP contribution < -0.4 is 0 Å². The maximum absolute atomic E-state index is 5.16. The number of hydrogen-bond donors (Lipinski definition) is 0. The number of ether oxygens (including phenoxy) is 1. The molecule has 0 atom stereocenters. The molecule has 0 saturated carbocycles. The summed E-state index contributed by atoms with van der Waals surface area (Å²) in [6.07, 6.45) is 0. The molecule has 2 heteroatoms. The first-order chi connectivity index (χ1) is 3.42. The van der Waals surface area contributed by atoms with Gasteiger partial charge in [-0.05, 0) is 20.8 Å². The van der Waals surface area contributed by atoms with Crippen molar-refractivity contribution in [3.05, 3.63) is 12.0 Å². The molecule has 0 aliphatic heterocycles. The smallest absolute Gasteiger partial charge is 0.124 e. The third kappa shape index (κ3) is 5.76. The third-order valence-electron chi connectivity index (χ3n) is 0.429. The van der Waals surface area contributed by atoms with Crippen molar-refractivity contribution in [2.75, 3.05) is 0 Å². The minimum atomic E-state index is -0.126. The molecule has 0 unspecified atom stereocenters. The summed E-state index contributed by atoms with van der Waals surface area (Å²) < 4.78 is 5.16. The van der Waals surface area contributed by atoms with Crippen molar-refractivity contribution in [3.63, 3.8) is 0 Å². The van der Waals surface area contributed by atoms with Gasteiger partial charge in [-0.2, -0.15) is 0 Å². The largest absolute Gasteiger partial charge is 0.499 e. The molecule has 0 aromatic carbocycles. The lowest BCUT2D eigenvalue weighted by Gasteiger charge is -2.20. The van der Waals surface area contributed by atoms with Gasteiger partial charge in [0.1, 0.15) is 10.2 Å². The Morgan fingerprint density at radius 2 is 1.88 bits per heavy atom. The highest BCUT2D eigenvalue weighted by Gasteiger charge is 2.08. The fourth-order valence-electron chi connectivity index (χ4n) is 0.370. The van der Waals surface area contributed by atoms with E-state index in [9.17, 15) is 0 Å². The topological polar surface area (TPSA) is 9.23 Å². The third-order valence-corrected chi connectivity index (χ3v) is 0.531. The second-order valence-electron chi connectivity index (χ2n) is 2.64. The van der Waals surface area contributed by atoms with Crippen LogP contribution >= 0.6 is 0 Å². The molecule has 3 radical (unpaired) electrons. The molecule has 1 nitrogen and oxygen atoms in total. The molecule has 0 rings (SSSR count). The van der Waals surface area contributed by atoms with Gasteiger partial charge in [-0.1, -0.05) is 6.58 Å². The minimum absolute atomic E-state index is 0.126. The summed E-state index contributed by atoms with van der Waals surface area (Å²) in [7, 11) is 3.14. The molecule has 8 heavy (non-hydrogen) atoms. The van der Waals surface area contributed by atoms with Crippen molar-refractivity contribution in [2.45, 2.75) is 26.4 Å². The number of hydrogen-bond acceptors (Lipinski definition) is 1. The lowest BCUT2D eigenvalue weighted by Crippen LogP contribution is -2.18. The summed E-state index contributed by atoms with van der Waals surface area (Å²) in [5, 5.41) is 0.581. The van der Waals surface area contributed by atoms with Gasteiger partial charge >= 0.3 is 0 Å².